The summed E-state index contributed by atoms with van der Waals surface area (Å²) in [4.78, 5) is 41.5. The lowest BCUT2D eigenvalue weighted by Gasteiger charge is -2.32. The number of alkyl carbamates (subject to hydrolysis) is 1. The molecule has 0 aliphatic carbocycles. The van der Waals surface area contributed by atoms with E-state index >= 15 is 0 Å². The minimum absolute atomic E-state index is 0.170. The van der Waals surface area contributed by atoms with Crippen molar-refractivity contribution >= 4 is 23.6 Å². The Morgan fingerprint density at radius 1 is 0.974 bits per heavy atom. The smallest absolute Gasteiger partial charge is 0.408 e. The van der Waals surface area contributed by atoms with Crippen molar-refractivity contribution in [3.8, 4) is 0 Å². The fourth-order valence-corrected chi connectivity index (χ4v) is 5.23. The van der Waals surface area contributed by atoms with Crippen molar-refractivity contribution in [2.75, 3.05) is 11.4 Å². The van der Waals surface area contributed by atoms with Gasteiger partial charge in [-0.05, 0) is 101 Å². The molecule has 0 bridgehead atoms. The van der Waals surface area contributed by atoms with Crippen LogP contribution in [0.1, 0.15) is 75.8 Å². The van der Waals surface area contributed by atoms with Crippen LogP contribution in [-0.4, -0.2) is 42.1 Å². The molecule has 0 saturated heterocycles. The number of para-hydroxylation sites is 1. The number of nitrogens with one attached hydrogen (secondary N) is 2. The Balaban J connectivity index is 1.81. The first-order chi connectivity index (χ1) is 18.2. The third kappa shape index (κ3) is 8.32. The maximum absolute atomic E-state index is 13.6. The van der Waals surface area contributed by atoms with Gasteiger partial charge < -0.3 is 20.3 Å². The van der Waals surface area contributed by atoms with Crippen molar-refractivity contribution in [2.45, 2.75) is 98.8 Å². The first-order valence-corrected chi connectivity index (χ1v) is 14.0. The van der Waals surface area contributed by atoms with E-state index in [0.717, 1.165) is 47.2 Å². The van der Waals surface area contributed by atoms with Crippen LogP contribution in [0.15, 0.2) is 36.4 Å². The van der Waals surface area contributed by atoms with E-state index in [1.54, 1.807) is 32.6 Å². The molecule has 1 aliphatic rings. The van der Waals surface area contributed by atoms with Gasteiger partial charge in [-0.1, -0.05) is 44.2 Å². The molecule has 2 aromatic carbocycles. The Labute approximate surface area is 233 Å². The van der Waals surface area contributed by atoms with Gasteiger partial charge in [0.2, 0.25) is 11.8 Å². The number of hydrogen-bond acceptors (Lipinski definition) is 4. The van der Waals surface area contributed by atoms with Gasteiger partial charge in [-0.2, -0.15) is 0 Å². The Morgan fingerprint density at radius 3 is 2.23 bits per heavy atom. The number of carbonyl (C=O) groups is 3. The van der Waals surface area contributed by atoms with E-state index in [1.165, 1.54) is 5.56 Å². The van der Waals surface area contributed by atoms with Crippen molar-refractivity contribution in [3.05, 3.63) is 64.2 Å². The lowest BCUT2D eigenvalue weighted by molar-refractivity contribution is -0.128. The maximum atomic E-state index is 13.6. The van der Waals surface area contributed by atoms with Gasteiger partial charge in [0.05, 0.1) is 0 Å². The molecule has 2 atom stereocenters. The highest BCUT2D eigenvalue weighted by atomic mass is 16.6. The van der Waals surface area contributed by atoms with Gasteiger partial charge in [0.25, 0.3) is 0 Å². The summed E-state index contributed by atoms with van der Waals surface area (Å²) in [5.41, 5.74) is 5.72. The lowest BCUT2D eigenvalue weighted by atomic mass is 9.91. The van der Waals surface area contributed by atoms with Gasteiger partial charge in [0.15, 0.2) is 0 Å². The van der Waals surface area contributed by atoms with Crippen molar-refractivity contribution in [3.63, 3.8) is 0 Å². The second-order valence-corrected chi connectivity index (χ2v) is 12.2. The van der Waals surface area contributed by atoms with Crippen molar-refractivity contribution < 1.29 is 19.1 Å². The standard InChI is InChI=1S/C32H45N3O4/c1-20(2)16-24-17-21(3)26(22(4)18-24)19-27(34-31(38)39-32(6,7)8)29(36)33-23(5)30(37)35-15-11-13-25-12-9-10-14-28(25)35/h9-10,12,14,17-18,20,23,27H,11,13,15-16,19H2,1-8H3,(H,33,36)(H,34,38)/t23-,27?/m1/s1. The number of aryl methyl sites for hydroxylation is 3. The van der Waals surface area contributed by atoms with E-state index in [2.05, 4.69) is 36.6 Å². The van der Waals surface area contributed by atoms with Crippen molar-refractivity contribution in [1.82, 2.24) is 10.6 Å². The summed E-state index contributed by atoms with van der Waals surface area (Å²) in [7, 11) is 0. The molecule has 1 heterocycles. The number of carbonyl (C=O) groups excluding carboxylic acids is 3. The van der Waals surface area contributed by atoms with Crippen molar-refractivity contribution in [2.24, 2.45) is 5.92 Å². The van der Waals surface area contributed by atoms with Gasteiger partial charge in [0.1, 0.15) is 17.7 Å². The van der Waals surface area contributed by atoms with E-state index in [4.69, 9.17) is 4.74 Å². The van der Waals surface area contributed by atoms with E-state index in [0.29, 0.717) is 12.5 Å². The van der Waals surface area contributed by atoms with Crippen LogP contribution in [-0.2, 0) is 33.6 Å². The molecule has 3 rings (SSSR count). The number of hydrogen-bond donors (Lipinski definition) is 2. The number of fused-ring (bicyclic) bond motifs is 1. The third-order valence-electron chi connectivity index (χ3n) is 6.92. The van der Waals surface area contributed by atoms with E-state index < -0.39 is 29.7 Å². The first kappa shape index (κ1) is 30.2. The molecule has 0 radical (unpaired) electrons. The molecule has 0 spiro atoms. The fraction of sp³-hybridized carbons (Fsp3) is 0.531. The van der Waals surface area contributed by atoms with Gasteiger partial charge >= 0.3 is 6.09 Å². The van der Waals surface area contributed by atoms with Crippen LogP contribution in [0.25, 0.3) is 0 Å². The SMILES string of the molecule is Cc1cc(CC(C)C)cc(C)c1CC(NC(=O)OC(C)(C)C)C(=O)N[C@H](C)C(=O)N1CCCc2ccccc21. The summed E-state index contributed by atoms with van der Waals surface area (Å²) in [6.07, 6.45) is 2.40. The molecule has 39 heavy (non-hydrogen) atoms. The summed E-state index contributed by atoms with van der Waals surface area (Å²) in [6, 6.07) is 10.5. The molecule has 212 valence electrons. The Bertz CT molecular complexity index is 1180. The van der Waals surface area contributed by atoms with E-state index in [9.17, 15) is 14.4 Å². The normalized spacial score (nSPS) is 14.8. The zero-order chi connectivity index (χ0) is 28.9. The molecular formula is C32H45N3O4. The zero-order valence-electron chi connectivity index (χ0n) is 24.8. The molecule has 1 aliphatic heterocycles. The van der Waals surface area contributed by atoms with Crippen LogP contribution < -0.4 is 15.5 Å². The molecule has 7 nitrogen and oxygen atoms in total. The average molecular weight is 536 g/mol. The van der Waals surface area contributed by atoms with E-state index in [-0.39, 0.29) is 12.3 Å². The van der Waals surface area contributed by atoms with Crippen LogP contribution in [0.2, 0.25) is 0 Å². The average Bonchev–Trinajstić information content (AvgIpc) is 2.83. The summed E-state index contributed by atoms with van der Waals surface area (Å²) in [6.45, 7) is 16.1. The summed E-state index contributed by atoms with van der Waals surface area (Å²) in [5, 5.41) is 5.64. The highest BCUT2D eigenvalue weighted by Gasteiger charge is 2.31. The molecule has 2 aromatic rings. The number of amides is 3. The molecule has 0 aromatic heterocycles. The molecular weight excluding hydrogens is 490 g/mol. The van der Waals surface area contributed by atoms with Gasteiger partial charge in [-0.3, -0.25) is 9.59 Å². The second kappa shape index (κ2) is 12.7. The molecule has 2 N–H and O–H groups in total. The lowest BCUT2D eigenvalue weighted by Crippen LogP contribution is -2.55. The summed E-state index contributed by atoms with van der Waals surface area (Å²) in [5.74, 6) is -0.0538. The Hall–Kier alpha value is -3.35. The fourth-order valence-electron chi connectivity index (χ4n) is 5.23. The third-order valence-corrected chi connectivity index (χ3v) is 6.92. The van der Waals surface area contributed by atoms with Crippen molar-refractivity contribution in [1.29, 1.82) is 0 Å². The van der Waals surface area contributed by atoms with Crippen LogP contribution in [0.4, 0.5) is 10.5 Å². The van der Waals surface area contributed by atoms with Gasteiger partial charge in [-0.15, -0.1) is 0 Å². The predicted molar refractivity (Wildman–Crippen MR) is 156 cm³/mol. The van der Waals surface area contributed by atoms with E-state index in [1.807, 2.05) is 38.1 Å². The van der Waals surface area contributed by atoms with Crippen LogP contribution >= 0.6 is 0 Å². The molecule has 3 amide bonds. The second-order valence-electron chi connectivity index (χ2n) is 12.2. The van der Waals surface area contributed by atoms with Gasteiger partial charge in [-0.25, -0.2) is 4.79 Å². The molecule has 0 fully saturated rings. The topological polar surface area (TPSA) is 87.7 Å². The van der Waals surface area contributed by atoms with Crippen LogP contribution in [0.5, 0.6) is 0 Å². The number of rotatable bonds is 8. The summed E-state index contributed by atoms with van der Waals surface area (Å²) >= 11 is 0. The Kier molecular flexibility index (Phi) is 9.81. The Morgan fingerprint density at radius 2 is 1.62 bits per heavy atom. The number of nitrogens with zero attached hydrogens (tertiary/aromatic N) is 1. The number of benzene rings is 2. The quantitative estimate of drug-likeness (QED) is 0.472. The predicted octanol–water partition coefficient (Wildman–Crippen LogP) is 5.42. The maximum Gasteiger partial charge on any atom is 0.408 e. The summed E-state index contributed by atoms with van der Waals surface area (Å²) < 4.78 is 5.46. The molecule has 1 unspecified atom stereocenters. The molecule has 7 heteroatoms. The minimum atomic E-state index is -0.905. The van der Waals surface area contributed by atoms with Crippen LogP contribution in [0.3, 0.4) is 0 Å². The highest BCUT2D eigenvalue weighted by Crippen LogP contribution is 2.27. The number of ether oxygens (including phenoxy) is 1. The first-order valence-electron chi connectivity index (χ1n) is 14.0. The highest BCUT2D eigenvalue weighted by molar-refractivity contribution is 6.00. The molecule has 0 saturated carbocycles. The monoisotopic (exact) mass is 535 g/mol. The van der Waals surface area contributed by atoms with Crippen LogP contribution in [0, 0.1) is 19.8 Å². The largest absolute Gasteiger partial charge is 0.444 e. The zero-order valence-corrected chi connectivity index (χ0v) is 24.8. The minimum Gasteiger partial charge on any atom is -0.444 e. The number of anilines is 1. The van der Waals surface area contributed by atoms with Gasteiger partial charge in [0, 0.05) is 18.7 Å².